The second-order valence-electron chi connectivity index (χ2n) is 6.86. The number of amides is 1. The molecule has 2 heterocycles. The van der Waals surface area contributed by atoms with Gasteiger partial charge < -0.3 is 9.64 Å². The number of hydrogen-bond acceptors (Lipinski definition) is 4. The normalized spacial score (nSPS) is 20.2. The summed E-state index contributed by atoms with van der Waals surface area (Å²) in [4.78, 5) is 23.6. The van der Waals surface area contributed by atoms with Gasteiger partial charge in [-0.25, -0.2) is 9.97 Å². The topological polar surface area (TPSA) is 55.3 Å². The molecule has 1 fully saturated rings. The molecule has 1 aliphatic carbocycles. The highest BCUT2D eigenvalue weighted by Crippen LogP contribution is 2.25. The van der Waals surface area contributed by atoms with Crippen molar-refractivity contribution in [1.82, 2.24) is 14.9 Å². The summed E-state index contributed by atoms with van der Waals surface area (Å²) >= 11 is 0. The first-order valence-electron chi connectivity index (χ1n) is 9.03. The van der Waals surface area contributed by atoms with Gasteiger partial charge in [0.25, 0.3) is 5.91 Å². The highest BCUT2D eigenvalue weighted by molar-refractivity contribution is 5.94. The zero-order valence-corrected chi connectivity index (χ0v) is 14.6. The highest BCUT2D eigenvalue weighted by Gasteiger charge is 2.28. The molecule has 5 heteroatoms. The number of hydrogen-bond donors (Lipinski definition) is 0. The molecule has 1 aromatic carbocycles. The molecule has 0 unspecified atom stereocenters. The largest absolute Gasteiger partial charge is 0.367 e. The predicted octanol–water partition coefficient (Wildman–Crippen LogP) is 2.88. The van der Waals surface area contributed by atoms with E-state index in [1.807, 2.05) is 24.0 Å². The van der Waals surface area contributed by atoms with Crippen molar-refractivity contribution in [3.63, 3.8) is 0 Å². The molecule has 0 spiro atoms. The van der Waals surface area contributed by atoms with Gasteiger partial charge in [-0.2, -0.15) is 0 Å². The summed E-state index contributed by atoms with van der Waals surface area (Å²) in [6, 6.07) is 8.05. The lowest BCUT2D eigenvalue weighted by Gasteiger charge is -2.32. The lowest BCUT2D eigenvalue weighted by atomic mass is 9.90. The Morgan fingerprint density at radius 1 is 1.20 bits per heavy atom. The van der Waals surface area contributed by atoms with Gasteiger partial charge in [0, 0.05) is 24.0 Å². The average Bonchev–Trinajstić information content (AvgIpc) is 2.67. The molecule has 0 saturated carbocycles. The van der Waals surface area contributed by atoms with Crippen LogP contribution in [0.3, 0.4) is 0 Å². The Labute approximate surface area is 148 Å². The fourth-order valence-electron chi connectivity index (χ4n) is 3.66. The van der Waals surface area contributed by atoms with Gasteiger partial charge >= 0.3 is 0 Å². The van der Waals surface area contributed by atoms with Crippen LogP contribution in [0, 0.1) is 6.92 Å². The molecule has 1 saturated heterocycles. The zero-order valence-electron chi connectivity index (χ0n) is 14.6. The van der Waals surface area contributed by atoms with E-state index in [0.717, 1.165) is 24.1 Å². The van der Waals surface area contributed by atoms with Gasteiger partial charge in [-0.05, 0) is 61.9 Å². The summed E-state index contributed by atoms with van der Waals surface area (Å²) in [6.45, 7) is 3.56. The van der Waals surface area contributed by atoms with Gasteiger partial charge in [0.15, 0.2) is 5.82 Å². The number of fused-ring (bicyclic) bond motifs is 1. The summed E-state index contributed by atoms with van der Waals surface area (Å²) < 4.78 is 5.81. The summed E-state index contributed by atoms with van der Waals surface area (Å²) in [5, 5.41) is 0. The summed E-state index contributed by atoms with van der Waals surface area (Å²) in [6.07, 6.45) is 6.17. The van der Waals surface area contributed by atoms with Crippen LogP contribution in [0.2, 0.25) is 0 Å². The molecular formula is C20H23N3O2. The number of aromatic nitrogens is 2. The second kappa shape index (κ2) is 6.92. The van der Waals surface area contributed by atoms with E-state index in [9.17, 15) is 4.79 Å². The first kappa shape index (κ1) is 16.2. The van der Waals surface area contributed by atoms with Crippen LogP contribution >= 0.6 is 0 Å². The van der Waals surface area contributed by atoms with Crippen molar-refractivity contribution < 1.29 is 9.53 Å². The van der Waals surface area contributed by atoms with Gasteiger partial charge in [-0.15, -0.1) is 0 Å². The van der Waals surface area contributed by atoms with E-state index in [4.69, 9.17) is 4.74 Å². The number of ether oxygens (including phenoxy) is 1. The third-order valence-corrected chi connectivity index (χ3v) is 5.05. The molecule has 5 nitrogen and oxygen atoms in total. The fourth-order valence-corrected chi connectivity index (χ4v) is 3.66. The maximum Gasteiger partial charge on any atom is 0.254 e. The Bertz CT molecular complexity index is 790. The molecule has 0 N–H and O–H groups in total. The summed E-state index contributed by atoms with van der Waals surface area (Å²) in [7, 11) is 0. The monoisotopic (exact) mass is 337 g/mol. The van der Waals surface area contributed by atoms with E-state index in [2.05, 4.69) is 22.1 Å². The first-order chi connectivity index (χ1) is 12.2. The number of nitrogens with zero attached hydrogens (tertiary/aromatic N) is 3. The van der Waals surface area contributed by atoms with Crippen LogP contribution in [0.4, 0.5) is 0 Å². The van der Waals surface area contributed by atoms with Crippen LogP contribution in [0.15, 0.2) is 30.5 Å². The minimum absolute atomic E-state index is 0.0781. The highest BCUT2D eigenvalue weighted by atomic mass is 16.5. The van der Waals surface area contributed by atoms with Crippen LogP contribution in [-0.4, -0.2) is 40.5 Å². The minimum atomic E-state index is -0.254. The molecule has 1 atom stereocenters. The molecule has 4 rings (SSSR count). The number of rotatable bonds is 2. The third kappa shape index (κ3) is 3.42. The quantitative estimate of drug-likeness (QED) is 0.845. The number of carbonyl (C=O) groups excluding carboxylic acids is 1. The molecule has 2 aromatic rings. The number of benzene rings is 1. The van der Waals surface area contributed by atoms with E-state index in [-0.39, 0.29) is 12.0 Å². The molecule has 130 valence electrons. The van der Waals surface area contributed by atoms with Gasteiger partial charge in [-0.3, -0.25) is 4.79 Å². The summed E-state index contributed by atoms with van der Waals surface area (Å²) in [5.41, 5.74) is 4.43. The van der Waals surface area contributed by atoms with Crippen molar-refractivity contribution in [3.05, 3.63) is 58.7 Å². The number of morpholine rings is 1. The first-order valence-corrected chi connectivity index (χ1v) is 9.03. The van der Waals surface area contributed by atoms with E-state index in [1.54, 1.807) is 6.20 Å². The van der Waals surface area contributed by atoms with E-state index < -0.39 is 0 Å². The van der Waals surface area contributed by atoms with E-state index in [0.29, 0.717) is 25.5 Å². The lowest BCUT2D eigenvalue weighted by molar-refractivity contribution is -0.0268. The molecule has 25 heavy (non-hydrogen) atoms. The molecule has 1 amide bonds. The van der Waals surface area contributed by atoms with E-state index >= 15 is 0 Å². The van der Waals surface area contributed by atoms with Crippen LogP contribution in [0.25, 0.3) is 0 Å². The SMILES string of the molecule is Cc1ccnc([C@H]2CN(C(=O)c3ccc4c(c3)CCCC4)CCO2)n1. The van der Waals surface area contributed by atoms with Gasteiger partial charge in [0.1, 0.15) is 6.10 Å². The van der Waals surface area contributed by atoms with Crippen molar-refractivity contribution in [2.45, 2.75) is 38.7 Å². The van der Waals surface area contributed by atoms with Crippen molar-refractivity contribution in [2.75, 3.05) is 19.7 Å². The number of aryl methyl sites for hydroxylation is 3. The van der Waals surface area contributed by atoms with Crippen molar-refractivity contribution >= 4 is 5.91 Å². The Hall–Kier alpha value is -2.27. The van der Waals surface area contributed by atoms with Gasteiger partial charge in [0.05, 0.1) is 13.2 Å². The Morgan fingerprint density at radius 3 is 2.88 bits per heavy atom. The Morgan fingerprint density at radius 2 is 2.04 bits per heavy atom. The Balaban J connectivity index is 1.52. The van der Waals surface area contributed by atoms with Crippen LogP contribution < -0.4 is 0 Å². The molecular weight excluding hydrogens is 314 g/mol. The molecule has 0 bridgehead atoms. The second-order valence-corrected chi connectivity index (χ2v) is 6.86. The predicted molar refractivity (Wildman–Crippen MR) is 94.4 cm³/mol. The van der Waals surface area contributed by atoms with Crippen LogP contribution in [0.5, 0.6) is 0 Å². The maximum absolute atomic E-state index is 13.0. The third-order valence-electron chi connectivity index (χ3n) is 5.05. The van der Waals surface area contributed by atoms with Gasteiger partial charge in [0.2, 0.25) is 0 Å². The zero-order chi connectivity index (χ0) is 17.2. The van der Waals surface area contributed by atoms with Crippen molar-refractivity contribution in [3.8, 4) is 0 Å². The Kier molecular flexibility index (Phi) is 4.49. The molecule has 1 aliphatic heterocycles. The molecule has 1 aromatic heterocycles. The maximum atomic E-state index is 13.0. The van der Waals surface area contributed by atoms with Crippen molar-refractivity contribution in [1.29, 1.82) is 0 Å². The summed E-state index contributed by atoms with van der Waals surface area (Å²) in [5.74, 6) is 0.734. The van der Waals surface area contributed by atoms with E-state index in [1.165, 1.54) is 24.0 Å². The standard InChI is InChI=1S/C20H23N3O2/c1-14-8-9-21-19(22-14)18-13-23(10-11-25-18)20(24)17-7-6-15-4-2-3-5-16(15)12-17/h6-9,12,18H,2-5,10-11,13H2,1H3/t18-/m1/s1. The molecule has 0 radical (unpaired) electrons. The minimum Gasteiger partial charge on any atom is -0.367 e. The van der Waals surface area contributed by atoms with Crippen LogP contribution in [-0.2, 0) is 17.6 Å². The molecule has 2 aliphatic rings. The average molecular weight is 337 g/mol. The van der Waals surface area contributed by atoms with Crippen molar-refractivity contribution in [2.24, 2.45) is 0 Å². The smallest absolute Gasteiger partial charge is 0.254 e. The fraction of sp³-hybridized carbons (Fsp3) is 0.450. The van der Waals surface area contributed by atoms with Crippen LogP contribution in [0.1, 0.15) is 51.9 Å². The van der Waals surface area contributed by atoms with Gasteiger partial charge in [-0.1, -0.05) is 6.07 Å². The number of carbonyl (C=O) groups is 1. The lowest BCUT2D eigenvalue weighted by Crippen LogP contribution is -2.42.